The molecule has 1 saturated heterocycles. The molecule has 0 aliphatic carbocycles. The van der Waals surface area contributed by atoms with Crippen molar-refractivity contribution in [3.8, 4) is 5.75 Å². The summed E-state index contributed by atoms with van der Waals surface area (Å²) in [6.45, 7) is 0.562. The van der Waals surface area contributed by atoms with Crippen LogP contribution in [0.2, 0.25) is 0 Å². The minimum absolute atomic E-state index is 0.141. The lowest BCUT2D eigenvalue weighted by atomic mass is 10.0. The zero-order valence-corrected chi connectivity index (χ0v) is 14.2. The van der Waals surface area contributed by atoms with Crippen LogP contribution in [0.1, 0.15) is 18.0 Å². The van der Waals surface area contributed by atoms with Crippen LogP contribution in [0.15, 0.2) is 47.6 Å². The number of rotatable bonds is 3. The lowest BCUT2D eigenvalue weighted by Gasteiger charge is -2.41. The Hall–Kier alpha value is -3.03. The first-order valence-corrected chi connectivity index (χ1v) is 8.49. The number of carbonyl (C=O) groups excluding carboxylic acids is 1. The molecule has 2 aromatic carbocycles. The topological polar surface area (TPSA) is 45.1 Å². The van der Waals surface area contributed by atoms with Crippen molar-refractivity contribution in [3.63, 3.8) is 0 Å². The average molecular weight is 375 g/mol. The van der Waals surface area contributed by atoms with E-state index in [0.29, 0.717) is 12.0 Å². The molecule has 0 N–H and O–H groups in total. The number of hydrazone groups is 1. The molecule has 2 amide bonds. The zero-order chi connectivity index (χ0) is 19.0. The Morgan fingerprint density at radius 3 is 2.48 bits per heavy atom. The highest BCUT2D eigenvalue weighted by Gasteiger charge is 2.39. The van der Waals surface area contributed by atoms with Crippen LogP contribution in [0.3, 0.4) is 0 Å². The third-order valence-corrected chi connectivity index (χ3v) is 4.54. The molecular weight excluding hydrogens is 359 g/mol. The molecule has 140 valence electrons. The summed E-state index contributed by atoms with van der Waals surface area (Å²) >= 11 is 0. The number of hydrogen-bond acceptors (Lipinski definition) is 3. The summed E-state index contributed by atoms with van der Waals surface area (Å²) in [4.78, 5) is 14.2. The summed E-state index contributed by atoms with van der Waals surface area (Å²) in [5.41, 5.74) is 0.345. The molecule has 8 heteroatoms. The Morgan fingerprint density at radius 1 is 1.07 bits per heavy atom. The molecule has 2 aromatic rings. The van der Waals surface area contributed by atoms with Gasteiger partial charge in [-0.25, -0.2) is 23.0 Å². The number of ether oxygens (including phenoxy) is 1. The van der Waals surface area contributed by atoms with Crippen LogP contribution in [0, 0.1) is 17.5 Å². The van der Waals surface area contributed by atoms with Gasteiger partial charge in [0.05, 0.1) is 19.1 Å². The van der Waals surface area contributed by atoms with Crippen LogP contribution in [-0.4, -0.2) is 41.3 Å². The molecule has 0 unspecified atom stereocenters. The van der Waals surface area contributed by atoms with Gasteiger partial charge in [-0.15, -0.1) is 0 Å². The fraction of sp³-hybridized carbons (Fsp3) is 0.263. The highest BCUT2D eigenvalue weighted by atomic mass is 19.1. The molecule has 1 fully saturated rings. The van der Waals surface area contributed by atoms with Gasteiger partial charge in [0.25, 0.3) is 0 Å². The number of hydrogen-bond donors (Lipinski definition) is 0. The number of nitrogens with zero attached hydrogens (tertiary/aromatic N) is 3. The standard InChI is InChI=1S/C19H16F3N3O2/c20-13-7-12(8-14(21)9-13)17-5-6-23-25(17)19(26)24-10-15(11-24)27-18-4-2-1-3-16(18)22/h1-4,6-9,15,17H,5,10-11H2/t17-/m0/s1. The molecule has 27 heavy (non-hydrogen) atoms. The number of amides is 2. The van der Waals surface area contributed by atoms with Gasteiger partial charge in [0.2, 0.25) is 0 Å². The second-order valence-corrected chi connectivity index (χ2v) is 6.45. The quantitative estimate of drug-likeness (QED) is 0.821. The Bertz CT molecular complexity index is 879. The summed E-state index contributed by atoms with van der Waals surface area (Å²) in [6.07, 6.45) is 1.60. The van der Waals surface area contributed by atoms with Gasteiger partial charge in [-0.3, -0.25) is 0 Å². The normalized spacial score (nSPS) is 19.3. The van der Waals surface area contributed by atoms with Gasteiger partial charge < -0.3 is 9.64 Å². The van der Waals surface area contributed by atoms with Gasteiger partial charge in [0.1, 0.15) is 17.7 Å². The largest absolute Gasteiger partial charge is 0.484 e. The second-order valence-electron chi connectivity index (χ2n) is 6.45. The first-order chi connectivity index (χ1) is 13.0. The van der Waals surface area contributed by atoms with E-state index in [1.807, 2.05) is 0 Å². The van der Waals surface area contributed by atoms with Crippen LogP contribution in [-0.2, 0) is 0 Å². The van der Waals surface area contributed by atoms with Crippen molar-refractivity contribution < 1.29 is 22.7 Å². The molecule has 2 aliphatic rings. The minimum Gasteiger partial charge on any atom is -0.484 e. The van der Waals surface area contributed by atoms with Crippen LogP contribution in [0.4, 0.5) is 18.0 Å². The fourth-order valence-corrected chi connectivity index (χ4v) is 3.18. The summed E-state index contributed by atoms with van der Waals surface area (Å²) in [7, 11) is 0. The first-order valence-electron chi connectivity index (χ1n) is 8.49. The lowest BCUT2D eigenvalue weighted by Crippen LogP contribution is -2.58. The number of halogens is 3. The van der Waals surface area contributed by atoms with Crippen LogP contribution >= 0.6 is 0 Å². The third kappa shape index (κ3) is 3.47. The Labute approximate surface area is 153 Å². The van der Waals surface area contributed by atoms with Gasteiger partial charge in [-0.05, 0) is 29.8 Å². The molecule has 4 rings (SSSR count). The van der Waals surface area contributed by atoms with Crippen molar-refractivity contribution in [2.24, 2.45) is 5.10 Å². The highest BCUT2D eigenvalue weighted by molar-refractivity contribution is 5.79. The number of likely N-dealkylation sites (tertiary alicyclic amines) is 1. The molecule has 2 heterocycles. The second kappa shape index (κ2) is 6.94. The molecule has 0 radical (unpaired) electrons. The fourth-order valence-electron chi connectivity index (χ4n) is 3.18. The highest BCUT2D eigenvalue weighted by Crippen LogP contribution is 2.31. The van der Waals surface area contributed by atoms with E-state index in [0.717, 1.165) is 6.07 Å². The van der Waals surface area contributed by atoms with E-state index in [2.05, 4.69) is 5.10 Å². The Kier molecular flexibility index (Phi) is 4.47. The van der Waals surface area contributed by atoms with E-state index in [4.69, 9.17) is 4.74 Å². The number of urea groups is 1. The summed E-state index contributed by atoms with van der Waals surface area (Å²) in [6, 6.07) is 8.30. The summed E-state index contributed by atoms with van der Waals surface area (Å²) in [5.74, 6) is -1.72. The van der Waals surface area contributed by atoms with Crippen molar-refractivity contribution in [3.05, 3.63) is 65.5 Å². The molecule has 0 spiro atoms. The number of carbonyl (C=O) groups is 1. The van der Waals surface area contributed by atoms with Crippen molar-refractivity contribution in [1.29, 1.82) is 0 Å². The van der Waals surface area contributed by atoms with Crippen molar-refractivity contribution in [1.82, 2.24) is 9.91 Å². The van der Waals surface area contributed by atoms with Gasteiger partial charge in [0, 0.05) is 18.7 Å². The van der Waals surface area contributed by atoms with E-state index in [-0.39, 0.29) is 31.0 Å². The van der Waals surface area contributed by atoms with Crippen molar-refractivity contribution >= 4 is 12.2 Å². The molecule has 0 saturated carbocycles. The van der Waals surface area contributed by atoms with Gasteiger partial charge in [-0.1, -0.05) is 12.1 Å². The SMILES string of the molecule is O=C(N1CC(Oc2ccccc2F)C1)N1N=CC[C@H]1c1cc(F)cc(F)c1. The predicted octanol–water partition coefficient (Wildman–Crippen LogP) is 3.72. The molecule has 1 atom stereocenters. The van der Waals surface area contributed by atoms with Crippen molar-refractivity contribution in [2.45, 2.75) is 18.6 Å². The van der Waals surface area contributed by atoms with Crippen molar-refractivity contribution in [2.75, 3.05) is 13.1 Å². The summed E-state index contributed by atoms with van der Waals surface area (Å²) in [5, 5.41) is 5.27. The number of benzene rings is 2. The van der Waals surface area contributed by atoms with E-state index in [1.54, 1.807) is 18.3 Å². The Morgan fingerprint density at radius 2 is 1.78 bits per heavy atom. The van der Waals surface area contributed by atoms with E-state index in [9.17, 15) is 18.0 Å². The van der Waals surface area contributed by atoms with E-state index >= 15 is 0 Å². The molecular formula is C19H16F3N3O2. The zero-order valence-electron chi connectivity index (χ0n) is 14.2. The molecule has 0 aromatic heterocycles. The number of para-hydroxylation sites is 1. The van der Waals surface area contributed by atoms with E-state index in [1.165, 1.54) is 34.2 Å². The molecule has 0 bridgehead atoms. The summed E-state index contributed by atoms with van der Waals surface area (Å²) < 4.78 is 46.2. The van der Waals surface area contributed by atoms with Gasteiger partial charge in [-0.2, -0.15) is 5.10 Å². The van der Waals surface area contributed by atoms with E-state index < -0.39 is 23.5 Å². The minimum atomic E-state index is -0.702. The average Bonchev–Trinajstić information content (AvgIpc) is 3.07. The Balaban J connectivity index is 1.40. The smallest absolute Gasteiger partial charge is 0.341 e. The first kappa shape index (κ1) is 17.4. The monoisotopic (exact) mass is 375 g/mol. The maximum absolute atomic E-state index is 13.6. The van der Waals surface area contributed by atoms with Gasteiger partial charge in [0.15, 0.2) is 11.6 Å². The van der Waals surface area contributed by atoms with Crippen LogP contribution < -0.4 is 4.74 Å². The third-order valence-electron chi connectivity index (χ3n) is 4.54. The van der Waals surface area contributed by atoms with Crippen LogP contribution in [0.25, 0.3) is 0 Å². The molecule has 5 nitrogen and oxygen atoms in total. The molecule has 2 aliphatic heterocycles. The maximum Gasteiger partial charge on any atom is 0.341 e. The lowest BCUT2D eigenvalue weighted by molar-refractivity contribution is 0.0257. The van der Waals surface area contributed by atoms with Gasteiger partial charge >= 0.3 is 6.03 Å². The maximum atomic E-state index is 13.6. The predicted molar refractivity (Wildman–Crippen MR) is 91.8 cm³/mol. The van der Waals surface area contributed by atoms with Crippen LogP contribution in [0.5, 0.6) is 5.75 Å².